The van der Waals surface area contributed by atoms with E-state index < -0.39 is 5.97 Å². The molecule has 0 unspecified atom stereocenters. The summed E-state index contributed by atoms with van der Waals surface area (Å²) in [6.07, 6.45) is 15.3. The van der Waals surface area contributed by atoms with Crippen LogP contribution in [0.2, 0.25) is 0 Å². The third-order valence-corrected chi connectivity index (χ3v) is 3.47. The molecule has 0 rings (SSSR count). The van der Waals surface area contributed by atoms with Gasteiger partial charge in [-0.2, -0.15) is 0 Å². The van der Waals surface area contributed by atoms with Crippen LogP contribution in [-0.4, -0.2) is 11.1 Å². The second kappa shape index (κ2) is 14.2. The average molecular weight is 278 g/mol. The summed E-state index contributed by atoms with van der Waals surface area (Å²) >= 11 is 0. The van der Waals surface area contributed by atoms with Crippen LogP contribution in [0.4, 0.5) is 0 Å². The molecule has 0 fully saturated rings. The normalized spacial score (nSPS) is 11.0. The molecule has 0 saturated carbocycles. The molecule has 0 heterocycles. The lowest BCUT2D eigenvalue weighted by molar-refractivity contribution is -0.132. The van der Waals surface area contributed by atoms with Gasteiger partial charge in [-0.3, -0.25) is 0 Å². The zero-order valence-electron chi connectivity index (χ0n) is 13.2. The van der Waals surface area contributed by atoms with E-state index in [2.05, 4.69) is 11.8 Å². The Hall–Kier alpha value is -1.23. The maximum atomic E-state index is 10.6. The van der Waals surface area contributed by atoms with Crippen molar-refractivity contribution in [3.63, 3.8) is 0 Å². The minimum Gasteiger partial charge on any atom is -0.478 e. The Morgan fingerprint density at radius 1 is 0.950 bits per heavy atom. The molecule has 0 aliphatic carbocycles. The fourth-order valence-corrected chi connectivity index (χ4v) is 2.13. The predicted molar refractivity (Wildman–Crippen MR) is 85.6 cm³/mol. The summed E-state index contributed by atoms with van der Waals surface area (Å²) in [4.78, 5) is 10.6. The summed E-state index contributed by atoms with van der Waals surface area (Å²) in [6.45, 7) is 3.56. The number of unbranched alkanes of at least 4 members (excludes halogenated alkanes) is 10. The van der Waals surface area contributed by atoms with Crippen LogP contribution in [0, 0.1) is 11.8 Å². The molecule has 114 valence electrons. The van der Waals surface area contributed by atoms with Gasteiger partial charge in [0.2, 0.25) is 0 Å². The molecule has 0 aromatic rings. The fourth-order valence-electron chi connectivity index (χ4n) is 2.13. The lowest BCUT2D eigenvalue weighted by Gasteiger charge is -2.01. The van der Waals surface area contributed by atoms with Crippen molar-refractivity contribution in [3.05, 3.63) is 11.6 Å². The molecule has 0 bridgehead atoms. The molecule has 20 heavy (non-hydrogen) atoms. The second-order valence-electron chi connectivity index (χ2n) is 5.34. The summed E-state index contributed by atoms with van der Waals surface area (Å²) in [5.74, 6) is 5.24. The molecule has 0 atom stereocenters. The minimum atomic E-state index is -0.796. The Balaban J connectivity index is 3.19. The van der Waals surface area contributed by atoms with E-state index in [1.165, 1.54) is 51.4 Å². The van der Waals surface area contributed by atoms with E-state index in [1.54, 1.807) is 6.92 Å². The molecule has 2 nitrogen and oxygen atoms in total. The van der Waals surface area contributed by atoms with Crippen LogP contribution in [0.15, 0.2) is 11.6 Å². The van der Waals surface area contributed by atoms with Gasteiger partial charge in [-0.25, -0.2) is 4.79 Å². The lowest BCUT2D eigenvalue weighted by Crippen LogP contribution is -1.95. The van der Waals surface area contributed by atoms with Gasteiger partial charge in [0.05, 0.1) is 0 Å². The van der Waals surface area contributed by atoms with Gasteiger partial charge in [0.25, 0.3) is 0 Å². The molecule has 0 aromatic carbocycles. The Kier molecular flexibility index (Phi) is 13.3. The standard InChI is InChI=1S/C18H30O2/c1-3-4-5-6-7-8-9-10-11-12-13-14-15-16-17(2)18(19)20/h16H,5-15H2,1-2H3,(H,19,20)/b17-16+. The van der Waals surface area contributed by atoms with Crippen molar-refractivity contribution in [2.45, 2.75) is 84.5 Å². The Morgan fingerprint density at radius 3 is 1.95 bits per heavy atom. The van der Waals surface area contributed by atoms with Gasteiger partial charge in [-0.1, -0.05) is 51.0 Å². The highest BCUT2D eigenvalue weighted by Gasteiger charge is 1.97. The van der Waals surface area contributed by atoms with Gasteiger partial charge in [0, 0.05) is 12.0 Å². The zero-order chi connectivity index (χ0) is 15.1. The van der Waals surface area contributed by atoms with Gasteiger partial charge >= 0.3 is 5.97 Å². The molecule has 1 N–H and O–H groups in total. The highest BCUT2D eigenvalue weighted by molar-refractivity contribution is 5.85. The van der Waals surface area contributed by atoms with Crippen LogP contribution in [0.3, 0.4) is 0 Å². The van der Waals surface area contributed by atoms with E-state index in [1.807, 2.05) is 13.0 Å². The van der Waals surface area contributed by atoms with Gasteiger partial charge in [0.15, 0.2) is 0 Å². The van der Waals surface area contributed by atoms with Crippen molar-refractivity contribution in [2.24, 2.45) is 0 Å². The zero-order valence-corrected chi connectivity index (χ0v) is 13.2. The Labute approximate surface area is 124 Å². The number of aliphatic carboxylic acids is 1. The number of hydrogen-bond donors (Lipinski definition) is 1. The van der Waals surface area contributed by atoms with Crippen molar-refractivity contribution < 1.29 is 9.90 Å². The largest absolute Gasteiger partial charge is 0.478 e. The minimum absolute atomic E-state index is 0.470. The van der Waals surface area contributed by atoms with E-state index in [9.17, 15) is 4.79 Å². The van der Waals surface area contributed by atoms with E-state index in [-0.39, 0.29) is 0 Å². The summed E-state index contributed by atoms with van der Waals surface area (Å²) < 4.78 is 0. The summed E-state index contributed by atoms with van der Waals surface area (Å²) in [5.41, 5.74) is 0.470. The van der Waals surface area contributed by atoms with Gasteiger partial charge < -0.3 is 5.11 Å². The highest BCUT2D eigenvalue weighted by Crippen LogP contribution is 2.11. The van der Waals surface area contributed by atoms with Gasteiger partial charge in [-0.05, 0) is 33.1 Å². The quantitative estimate of drug-likeness (QED) is 0.297. The summed E-state index contributed by atoms with van der Waals surface area (Å²) in [6, 6.07) is 0. The molecule has 0 aliphatic rings. The van der Waals surface area contributed by atoms with E-state index >= 15 is 0 Å². The summed E-state index contributed by atoms with van der Waals surface area (Å²) in [7, 11) is 0. The smallest absolute Gasteiger partial charge is 0.330 e. The number of hydrogen-bond acceptors (Lipinski definition) is 1. The van der Waals surface area contributed by atoms with Crippen LogP contribution >= 0.6 is 0 Å². The van der Waals surface area contributed by atoms with Crippen LogP contribution in [-0.2, 0) is 4.79 Å². The molecule has 0 spiro atoms. The number of allylic oxidation sites excluding steroid dienone is 1. The average Bonchev–Trinajstić information content (AvgIpc) is 2.43. The Bertz CT molecular complexity index is 331. The molecule has 0 radical (unpaired) electrons. The third-order valence-electron chi connectivity index (χ3n) is 3.47. The van der Waals surface area contributed by atoms with Crippen molar-refractivity contribution in [2.75, 3.05) is 0 Å². The first kappa shape index (κ1) is 18.8. The van der Waals surface area contributed by atoms with Crippen molar-refractivity contribution >= 4 is 5.97 Å². The van der Waals surface area contributed by atoms with E-state index in [0.29, 0.717) is 5.57 Å². The maximum absolute atomic E-state index is 10.6. The second-order valence-corrected chi connectivity index (χ2v) is 5.34. The molecular weight excluding hydrogens is 248 g/mol. The molecule has 0 saturated heterocycles. The van der Waals surface area contributed by atoms with Crippen molar-refractivity contribution in [1.29, 1.82) is 0 Å². The molecule has 0 amide bonds. The van der Waals surface area contributed by atoms with Gasteiger partial charge in [-0.15, -0.1) is 11.8 Å². The maximum Gasteiger partial charge on any atom is 0.330 e. The molecule has 0 aromatic heterocycles. The molecule has 0 aliphatic heterocycles. The number of rotatable bonds is 12. The third kappa shape index (κ3) is 13.2. The molecule has 2 heteroatoms. The van der Waals surface area contributed by atoms with Crippen molar-refractivity contribution in [3.8, 4) is 11.8 Å². The number of carbonyl (C=O) groups is 1. The van der Waals surface area contributed by atoms with Crippen LogP contribution < -0.4 is 0 Å². The lowest BCUT2D eigenvalue weighted by atomic mass is 10.1. The fraction of sp³-hybridized carbons (Fsp3) is 0.722. The van der Waals surface area contributed by atoms with Crippen LogP contribution in [0.5, 0.6) is 0 Å². The van der Waals surface area contributed by atoms with Crippen LogP contribution in [0.1, 0.15) is 84.5 Å². The SMILES string of the molecule is CC#CCCCCCCCCCCC/C=C(\C)C(=O)O. The van der Waals surface area contributed by atoms with Gasteiger partial charge in [0.1, 0.15) is 0 Å². The Morgan fingerprint density at radius 2 is 1.45 bits per heavy atom. The number of carboxylic acids is 1. The molecular formula is C18H30O2. The monoisotopic (exact) mass is 278 g/mol. The predicted octanol–water partition coefficient (Wildman–Crippen LogP) is 5.33. The first-order valence-corrected chi connectivity index (χ1v) is 7.98. The first-order chi connectivity index (χ1) is 9.68. The first-order valence-electron chi connectivity index (χ1n) is 7.98. The number of carboxylic acid groups (broad SMARTS) is 1. The van der Waals surface area contributed by atoms with Crippen LogP contribution in [0.25, 0.3) is 0 Å². The van der Waals surface area contributed by atoms with E-state index in [0.717, 1.165) is 19.3 Å². The van der Waals surface area contributed by atoms with Crippen molar-refractivity contribution in [1.82, 2.24) is 0 Å². The van der Waals surface area contributed by atoms with E-state index in [4.69, 9.17) is 5.11 Å². The highest BCUT2D eigenvalue weighted by atomic mass is 16.4. The topological polar surface area (TPSA) is 37.3 Å². The summed E-state index contributed by atoms with van der Waals surface area (Å²) in [5, 5.41) is 8.70.